The second-order valence-corrected chi connectivity index (χ2v) is 5.98. The van der Waals surface area contributed by atoms with Gasteiger partial charge in [-0.25, -0.2) is 0 Å². The first kappa shape index (κ1) is 16.3. The Kier molecular flexibility index (Phi) is 4.99. The summed E-state index contributed by atoms with van der Waals surface area (Å²) in [4.78, 5) is 26.5. The molecule has 1 saturated heterocycles. The molecule has 0 N–H and O–H groups in total. The maximum absolute atomic E-state index is 12.8. The fourth-order valence-electron chi connectivity index (χ4n) is 3.10. The predicted molar refractivity (Wildman–Crippen MR) is 91.0 cm³/mol. The summed E-state index contributed by atoms with van der Waals surface area (Å²) in [5.41, 5.74) is 1.59. The molecule has 5 nitrogen and oxygen atoms in total. The quantitative estimate of drug-likeness (QED) is 0.812. The topological polar surface area (TPSA) is 51.5 Å². The zero-order chi connectivity index (χ0) is 16.9. The minimum Gasteiger partial charge on any atom is -0.466 e. The molecule has 126 valence electrons. The van der Waals surface area contributed by atoms with Gasteiger partial charge in [0.1, 0.15) is 0 Å². The first-order valence-electron chi connectivity index (χ1n) is 8.38. The summed E-state index contributed by atoms with van der Waals surface area (Å²) in [5, 5.41) is 0. The molecule has 24 heavy (non-hydrogen) atoms. The minimum absolute atomic E-state index is 0.0296. The van der Waals surface area contributed by atoms with E-state index in [4.69, 9.17) is 4.74 Å². The highest BCUT2D eigenvalue weighted by atomic mass is 16.5. The van der Waals surface area contributed by atoms with Crippen LogP contribution in [0.4, 0.5) is 0 Å². The number of carbonyl (C=O) groups excluding carboxylic acids is 2. The molecule has 1 fully saturated rings. The molecule has 0 bridgehead atoms. The van der Waals surface area contributed by atoms with Gasteiger partial charge in [0, 0.05) is 36.7 Å². The summed E-state index contributed by atoms with van der Waals surface area (Å²) < 4.78 is 7.07. The van der Waals surface area contributed by atoms with E-state index in [1.807, 2.05) is 53.4 Å². The van der Waals surface area contributed by atoms with Crippen molar-refractivity contribution in [1.29, 1.82) is 0 Å². The molecule has 1 atom stereocenters. The lowest BCUT2D eigenvalue weighted by Gasteiger charge is -2.31. The standard InChI is InChI=1S/C19H22N2O3/c1-2-24-19(23)16-8-6-12-21(14-16)18(22)15-7-5-9-17(13-15)20-10-3-4-11-20/h3-5,7,9-11,13,16H,2,6,8,12,14H2,1H3/t16-/m0/s1. The number of esters is 1. The molecule has 1 aromatic carbocycles. The molecule has 1 aromatic heterocycles. The number of hydrogen-bond acceptors (Lipinski definition) is 3. The molecule has 2 aromatic rings. The van der Waals surface area contributed by atoms with Crippen LogP contribution in [0.3, 0.4) is 0 Å². The average Bonchev–Trinajstić information content (AvgIpc) is 3.16. The Labute approximate surface area is 141 Å². The van der Waals surface area contributed by atoms with Crippen LogP contribution in [0.25, 0.3) is 5.69 Å². The van der Waals surface area contributed by atoms with Crippen LogP contribution in [0.15, 0.2) is 48.8 Å². The number of ether oxygens (including phenoxy) is 1. The lowest BCUT2D eigenvalue weighted by Crippen LogP contribution is -2.42. The Bertz CT molecular complexity index is 709. The summed E-state index contributed by atoms with van der Waals surface area (Å²) in [7, 11) is 0. The highest BCUT2D eigenvalue weighted by Crippen LogP contribution is 2.21. The van der Waals surface area contributed by atoms with Crippen molar-refractivity contribution in [2.24, 2.45) is 5.92 Å². The van der Waals surface area contributed by atoms with Crippen LogP contribution in [0.2, 0.25) is 0 Å². The van der Waals surface area contributed by atoms with Crippen molar-refractivity contribution in [3.8, 4) is 5.69 Å². The minimum atomic E-state index is -0.213. The van der Waals surface area contributed by atoms with Gasteiger partial charge in [0.2, 0.25) is 0 Å². The summed E-state index contributed by atoms with van der Waals surface area (Å²) in [5.74, 6) is -0.440. The largest absolute Gasteiger partial charge is 0.466 e. The Morgan fingerprint density at radius 2 is 2.00 bits per heavy atom. The van der Waals surface area contributed by atoms with E-state index in [-0.39, 0.29) is 17.8 Å². The molecule has 2 heterocycles. The predicted octanol–water partition coefficient (Wildman–Crippen LogP) is 2.89. The summed E-state index contributed by atoms with van der Waals surface area (Å²) >= 11 is 0. The highest BCUT2D eigenvalue weighted by Gasteiger charge is 2.29. The molecule has 1 aliphatic rings. The highest BCUT2D eigenvalue weighted by molar-refractivity contribution is 5.95. The van der Waals surface area contributed by atoms with Gasteiger partial charge >= 0.3 is 5.97 Å². The number of benzene rings is 1. The van der Waals surface area contributed by atoms with E-state index in [0.29, 0.717) is 25.3 Å². The Hall–Kier alpha value is -2.56. The number of piperidine rings is 1. The van der Waals surface area contributed by atoms with E-state index >= 15 is 0 Å². The number of rotatable bonds is 4. The molecule has 5 heteroatoms. The lowest BCUT2D eigenvalue weighted by atomic mass is 9.97. The van der Waals surface area contributed by atoms with Gasteiger partial charge in [0.25, 0.3) is 5.91 Å². The molecule has 1 amide bonds. The Balaban J connectivity index is 1.74. The number of likely N-dealkylation sites (tertiary alicyclic amines) is 1. The van der Waals surface area contributed by atoms with E-state index in [1.165, 1.54) is 0 Å². The van der Waals surface area contributed by atoms with E-state index in [1.54, 1.807) is 11.8 Å². The van der Waals surface area contributed by atoms with Gasteiger partial charge in [-0.3, -0.25) is 9.59 Å². The van der Waals surface area contributed by atoms with Crippen LogP contribution < -0.4 is 0 Å². The van der Waals surface area contributed by atoms with Crippen LogP contribution in [0, 0.1) is 5.92 Å². The Morgan fingerprint density at radius 1 is 1.21 bits per heavy atom. The van der Waals surface area contributed by atoms with Gasteiger partial charge in [-0.2, -0.15) is 0 Å². The first-order valence-corrected chi connectivity index (χ1v) is 8.38. The molecule has 0 spiro atoms. The van der Waals surface area contributed by atoms with E-state index in [9.17, 15) is 9.59 Å². The fraction of sp³-hybridized carbons (Fsp3) is 0.368. The molecule has 1 aliphatic heterocycles. The molecule has 0 radical (unpaired) electrons. The van der Waals surface area contributed by atoms with Crippen molar-refractivity contribution >= 4 is 11.9 Å². The SMILES string of the molecule is CCOC(=O)[C@H]1CCCN(C(=O)c2cccc(-n3cccc3)c2)C1. The molecule has 0 saturated carbocycles. The van der Waals surface area contributed by atoms with E-state index in [0.717, 1.165) is 18.5 Å². The molecular weight excluding hydrogens is 304 g/mol. The molecular formula is C19H22N2O3. The van der Waals surface area contributed by atoms with E-state index < -0.39 is 0 Å². The summed E-state index contributed by atoms with van der Waals surface area (Å²) in [6.45, 7) is 3.30. The van der Waals surface area contributed by atoms with Crippen molar-refractivity contribution in [2.45, 2.75) is 19.8 Å². The molecule has 0 unspecified atom stereocenters. The van der Waals surface area contributed by atoms with Crippen LogP contribution in [-0.2, 0) is 9.53 Å². The summed E-state index contributed by atoms with van der Waals surface area (Å²) in [6.07, 6.45) is 5.50. The monoisotopic (exact) mass is 326 g/mol. The van der Waals surface area contributed by atoms with Gasteiger partial charge in [-0.05, 0) is 50.1 Å². The molecule has 3 rings (SSSR count). The van der Waals surface area contributed by atoms with Gasteiger partial charge in [-0.15, -0.1) is 0 Å². The number of aromatic nitrogens is 1. The van der Waals surface area contributed by atoms with Crippen molar-refractivity contribution in [3.05, 3.63) is 54.4 Å². The van der Waals surface area contributed by atoms with Crippen molar-refractivity contribution < 1.29 is 14.3 Å². The van der Waals surface area contributed by atoms with Crippen molar-refractivity contribution in [3.63, 3.8) is 0 Å². The number of carbonyl (C=O) groups is 2. The van der Waals surface area contributed by atoms with Crippen molar-refractivity contribution in [2.75, 3.05) is 19.7 Å². The third-order valence-corrected chi connectivity index (χ3v) is 4.32. The normalized spacial score (nSPS) is 17.5. The first-order chi connectivity index (χ1) is 11.7. The van der Waals surface area contributed by atoms with Crippen LogP contribution in [0.1, 0.15) is 30.1 Å². The smallest absolute Gasteiger partial charge is 0.310 e. The zero-order valence-electron chi connectivity index (χ0n) is 13.9. The second-order valence-electron chi connectivity index (χ2n) is 5.98. The third-order valence-electron chi connectivity index (χ3n) is 4.32. The van der Waals surface area contributed by atoms with E-state index in [2.05, 4.69) is 0 Å². The number of hydrogen-bond donors (Lipinski definition) is 0. The van der Waals surface area contributed by atoms with Crippen molar-refractivity contribution in [1.82, 2.24) is 9.47 Å². The second kappa shape index (κ2) is 7.34. The fourth-order valence-corrected chi connectivity index (χ4v) is 3.10. The van der Waals surface area contributed by atoms with Gasteiger partial charge in [-0.1, -0.05) is 6.07 Å². The van der Waals surface area contributed by atoms with Gasteiger partial charge in [0.15, 0.2) is 0 Å². The Morgan fingerprint density at radius 3 is 2.75 bits per heavy atom. The van der Waals surface area contributed by atoms with Gasteiger partial charge in [0.05, 0.1) is 12.5 Å². The third kappa shape index (κ3) is 3.50. The maximum atomic E-state index is 12.8. The number of nitrogens with zero attached hydrogens (tertiary/aromatic N) is 2. The van der Waals surface area contributed by atoms with Gasteiger partial charge < -0.3 is 14.2 Å². The zero-order valence-corrected chi connectivity index (χ0v) is 13.9. The lowest BCUT2D eigenvalue weighted by molar-refractivity contribution is -0.149. The van der Waals surface area contributed by atoms with Crippen LogP contribution in [0.5, 0.6) is 0 Å². The van der Waals surface area contributed by atoms with Crippen LogP contribution in [-0.4, -0.2) is 41.0 Å². The number of amides is 1. The average molecular weight is 326 g/mol. The molecule has 0 aliphatic carbocycles. The summed E-state index contributed by atoms with van der Waals surface area (Å²) in [6, 6.07) is 11.5. The maximum Gasteiger partial charge on any atom is 0.310 e. The van der Waals surface area contributed by atoms with Crippen LogP contribution >= 0.6 is 0 Å².